The predicted octanol–water partition coefficient (Wildman–Crippen LogP) is 4.25. The SMILES string of the molecule is CCOc1ccc(C(=O)N[C@H]2CC[C@@H](Nc3nc(N(C)C)c4ccccc4n3)CC2)cc1. The van der Waals surface area contributed by atoms with Crippen LogP contribution in [0.2, 0.25) is 0 Å². The molecule has 1 saturated carbocycles. The van der Waals surface area contributed by atoms with Gasteiger partial charge in [-0.15, -0.1) is 0 Å². The lowest BCUT2D eigenvalue weighted by molar-refractivity contribution is 0.0926. The van der Waals surface area contributed by atoms with Crippen LogP contribution in [0.4, 0.5) is 11.8 Å². The number of benzene rings is 2. The summed E-state index contributed by atoms with van der Waals surface area (Å²) in [6.45, 7) is 2.56. The number of ether oxygens (including phenoxy) is 1. The zero-order chi connectivity index (χ0) is 22.5. The summed E-state index contributed by atoms with van der Waals surface area (Å²) in [7, 11) is 3.99. The number of rotatable bonds is 7. The molecule has 0 radical (unpaired) electrons. The Morgan fingerprint density at radius 3 is 2.38 bits per heavy atom. The lowest BCUT2D eigenvalue weighted by Gasteiger charge is -2.30. The van der Waals surface area contributed by atoms with Crippen LogP contribution in [0.15, 0.2) is 48.5 Å². The Hall–Kier alpha value is -3.35. The number of amides is 1. The highest BCUT2D eigenvalue weighted by molar-refractivity contribution is 5.94. The second kappa shape index (κ2) is 9.85. The van der Waals surface area contributed by atoms with Gasteiger partial charge in [0.15, 0.2) is 0 Å². The molecule has 1 heterocycles. The number of carbonyl (C=O) groups excluding carboxylic acids is 1. The van der Waals surface area contributed by atoms with Crippen LogP contribution in [0.1, 0.15) is 43.0 Å². The summed E-state index contributed by atoms with van der Waals surface area (Å²) in [6, 6.07) is 15.8. The molecule has 7 nitrogen and oxygen atoms in total. The third kappa shape index (κ3) is 5.10. The lowest BCUT2D eigenvalue weighted by atomic mass is 9.91. The number of carbonyl (C=O) groups is 1. The third-order valence-electron chi connectivity index (χ3n) is 5.83. The maximum atomic E-state index is 12.6. The monoisotopic (exact) mass is 433 g/mol. The highest BCUT2D eigenvalue weighted by atomic mass is 16.5. The summed E-state index contributed by atoms with van der Waals surface area (Å²) >= 11 is 0. The van der Waals surface area contributed by atoms with Crippen molar-refractivity contribution in [2.24, 2.45) is 0 Å². The van der Waals surface area contributed by atoms with Crippen LogP contribution in [0.3, 0.4) is 0 Å². The minimum Gasteiger partial charge on any atom is -0.494 e. The molecular formula is C25H31N5O2. The molecule has 1 aromatic heterocycles. The Balaban J connectivity index is 1.33. The zero-order valence-electron chi connectivity index (χ0n) is 19.0. The number of anilines is 2. The molecular weight excluding hydrogens is 402 g/mol. The topological polar surface area (TPSA) is 79.4 Å². The molecule has 3 aromatic rings. The van der Waals surface area contributed by atoms with Crippen molar-refractivity contribution in [1.29, 1.82) is 0 Å². The molecule has 1 aliphatic rings. The molecule has 1 fully saturated rings. The van der Waals surface area contributed by atoms with Gasteiger partial charge in [0.25, 0.3) is 5.91 Å². The van der Waals surface area contributed by atoms with E-state index < -0.39 is 0 Å². The summed E-state index contributed by atoms with van der Waals surface area (Å²) in [5, 5.41) is 7.74. The fourth-order valence-electron chi connectivity index (χ4n) is 4.17. The quantitative estimate of drug-likeness (QED) is 0.580. The van der Waals surface area contributed by atoms with E-state index in [4.69, 9.17) is 14.7 Å². The molecule has 1 aliphatic carbocycles. The van der Waals surface area contributed by atoms with Crippen molar-refractivity contribution in [3.8, 4) is 5.75 Å². The predicted molar refractivity (Wildman–Crippen MR) is 129 cm³/mol. The molecule has 0 unspecified atom stereocenters. The molecule has 2 N–H and O–H groups in total. The first-order chi connectivity index (χ1) is 15.5. The third-order valence-corrected chi connectivity index (χ3v) is 5.83. The van der Waals surface area contributed by atoms with Gasteiger partial charge in [-0.1, -0.05) is 12.1 Å². The minimum absolute atomic E-state index is 0.0297. The van der Waals surface area contributed by atoms with E-state index >= 15 is 0 Å². The average Bonchev–Trinajstić information content (AvgIpc) is 2.80. The number of fused-ring (bicyclic) bond motifs is 1. The molecule has 0 aliphatic heterocycles. The Morgan fingerprint density at radius 1 is 1.00 bits per heavy atom. The van der Waals surface area contributed by atoms with Gasteiger partial charge in [-0.2, -0.15) is 4.98 Å². The molecule has 0 bridgehead atoms. The van der Waals surface area contributed by atoms with Crippen molar-refractivity contribution in [3.63, 3.8) is 0 Å². The van der Waals surface area contributed by atoms with E-state index in [-0.39, 0.29) is 11.9 Å². The molecule has 4 rings (SSSR count). The molecule has 2 aromatic carbocycles. The number of nitrogens with one attached hydrogen (secondary N) is 2. The molecule has 0 atom stereocenters. The Morgan fingerprint density at radius 2 is 1.69 bits per heavy atom. The van der Waals surface area contributed by atoms with E-state index in [1.165, 1.54) is 0 Å². The van der Waals surface area contributed by atoms with Crippen molar-refractivity contribution in [1.82, 2.24) is 15.3 Å². The second-order valence-electron chi connectivity index (χ2n) is 8.41. The Bertz CT molecular complexity index is 1060. The first-order valence-corrected chi connectivity index (χ1v) is 11.3. The minimum atomic E-state index is -0.0297. The highest BCUT2D eigenvalue weighted by Gasteiger charge is 2.24. The Kier molecular flexibility index (Phi) is 6.73. The van der Waals surface area contributed by atoms with Crippen LogP contribution in [-0.4, -0.2) is 48.7 Å². The first-order valence-electron chi connectivity index (χ1n) is 11.3. The highest BCUT2D eigenvalue weighted by Crippen LogP contribution is 2.26. The van der Waals surface area contributed by atoms with Crippen molar-refractivity contribution in [2.75, 3.05) is 30.9 Å². The van der Waals surface area contributed by atoms with E-state index in [2.05, 4.69) is 10.6 Å². The van der Waals surface area contributed by atoms with Gasteiger partial charge in [-0.25, -0.2) is 4.98 Å². The molecule has 168 valence electrons. The van der Waals surface area contributed by atoms with Gasteiger partial charge in [0.05, 0.1) is 12.1 Å². The van der Waals surface area contributed by atoms with E-state index in [1.54, 1.807) is 0 Å². The second-order valence-corrected chi connectivity index (χ2v) is 8.41. The van der Waals surface area contributed by atoms with Crippen molar-refractivity contribution in [2.45, 2.75) is 44.7 Å². The van der Waals surface area contributed by atoms with Gasteiger partial charge in [0.1, 0.15) is 11.6 Å². The maximum absolute atomic E-state index is 12.6. The van der Waals surface area contributed by atoms with Gasteiger partial charge in [0, 0.05) is 37.1 Å². The number of para-hydroxylation sites is 1. The average molecular weight is 434 g/mol. The van der Waals surface area contributed by atoms with Gasteiger partial charge in [-0.05, 0) is 69.0 Å². The maximum Gasteiger partial charge on any atom is 0.251 e. The van der Waals surface area contributed by atoms with Crippen LogP contribution in [0.25, 0.3) is 10.9 Å². The van der Waals surface area contributed by atoms with Crippen LogP contribution >= 0.6 is 0 Å². The molecule has 0 saturated heterocycles. The van der Waals surface area contributed by atoms with E-state index in [9.17, 15) is 4.79 Å². The van der Waals surface area contributed by atoms with Crippen molar-refractivity contribution >= 4 is 28.6 Å². The summed E-state index contributed by atoms with van der Waals surface area (Å²) < 4.78 is 5.44. The smallest absolute Gasteiger partial charge is 0.251 e. The van der Waals surface area contributed by atoms with E-state index in [0.717, 1.165) is 48.2 Å². The van der Waals surface area contributed by atoms with Crippen LogP contribution in [-0.2, 0) is 0 Å². The number of aromatic nitrogens is 2. The first kappa shape index (κ1) is 21.9. The van der Waals surface area contributed by atoms with E-state index in [0.29, 0.717) is 24.2 Å². The summed E-state index contributed by atoms with van der Waals surface area (Å²) in [5.74, 6) is 2.32. The standard InChI is InChI=1S/C25H31N5O2/c1-4-32-20-15-9-17(10-16-20)24(31)26-18-11-13-19(14-12-18)27-25-28-22-8-6-5-7-21(22)23(29-25)30(2)3/h5-10,15-16,18-19H,4,11-14H2,1-3H3,(H,26,31)(H,27,28,29)/t18-,19+. The lowest BCUT2D eigenvalue weighted by Crippen LogP contribution is -2.40. The Labute approximate surface area is 189 Å². The fraction of sp³-hybridized carbons (Fsp3) is 0.400. The van der Waals surface area contributed by atoms with Gasteiger partial charge in [0.2, 0.25) is 5.95 Å². The van der Waals surface area contributed by atoms with Crippen molar-refractivity contribution in [3.05, 3.63) is 54.1 Å². The molecule has 7 heteroatoms. The van der Waals surface area contributed by atoms with Gasteiger partial charge in [-0.3, -0.25) is 4.79 Å². The summed E-state index contributed by atoms with van der Waals surface area (Å²) in [6.07, 6.45) is 3.77. The molecule has 32 heavy (non-hydrogen) atoms. The van der Waals surface area contributed by atoms with Gasteiger partial charge >= 0.3 is 0 Å². The summed E-state index contributed by atoms with van der Waals surface area (Å²) in [4.78, 5) is 24.1. The largest absolute Gasteiger partial charge is 0.494 e. The van der Waals surface area contributed by atoms with E-state index in [1.807, 2.05) is 74.4 Å². The fourth-order valence-corrected chi connectivity index (χ4v) is 4.17. The molecule has 1 amide bonds. The van der Waals surface area contributed by atoms with Crippen molar-refractivity contribution < 1.29 is 9.53 Å². The molecule has 0 spiro atoms. The normalized spacial score (nSPS) is 18.2. The number of hydrogen-bond donors (Lipinski definition) is 2. The van der Waals surface area contributed by atoms with Gasteiger partial charge < -0.3 is 20.3 Å². The van der Waals surface area contributed by atoms with Crippen LogP contribution in [0.5, 0.6) is 5.75 Å². The van der Waals surface area contributed by atoms with Crippen LogP contribution in [0, 0.1) is 0 Å². The number of hydrogen-bond acceptors (Lipinski definition) is 6. The number of nitrogens with zero attached hydrogens (tertiary/aromatic N) is 3. The zero-order valence-corrected chi connectivity index (χ0v) is 19.0. The summed E-state index contributed by atoms with van der Waals surface area (Å²) in [5.41, 5.74) is 1.60. The van der Waals surface area contributed by atoms with Crippen LogP contribution < -0.4 is 20.3 Å².